The lowest BCUT2D eigenvalue weighted by Crippen LogP contribution is -2.18. The van der Waals surface area contributed by atoms with Crippen LogP contribution in [0.5, 0.6) is 5.75 Å². The predicted molar refractivity (Wildman–Crippen MR) is 84.2 cm³/mol. The maximum absolute atomic E-state index is 10.8. The zero-order valence-corrected chi connectivity index (χ0v) is 12.0. The molecule has 0 radical (unpaired) electrons. The Bertz CT molecular complexity index is 591. The second-order valence-corrected chi connectivity index (χ2v) is 5.26. The van der Waals surface area contributed by atoms with E-state index < -0.39 is 0 Å². The number of carbonyl (C=O) groups is 1. The number of nitrogens with two attached hydrogens (primary N) is 1. The van der Waals surface area contributed by atoms with E-state index in [1.807, 2.05) is 36.4 Å². The summed E-state index contributed by atoms with van der Waals surface area (Å²) < 4.78 is 0. The molecular weight excluding hydrogens is 264 g/mol. The van der Waals surface area contributed by atoms with Crippen LogP contribution in [0.2, 0.25) is 0 Å². The number of amides is 1. The number of aromatic hydroxyl groups is 1. The fraction of sp³-hybridized carbons (Fsp3) is 0.235. The second kappa shape index (κ2) is 6.79. The van der Waals surface area contributed by atoms with Crippen molar-refractivity contribution in [1.29, 1.82) is 0 Å². The highest BCUT2D eigenvalue weighted by Crippen LogP contribution is 2.15. The number of primary amides is 1. The van der Waals surface area contributed by atoms with E-state index in [1.54, 1.807) is 12.1 Å². The Morgan fingerprint density at radius 3 is 2.24 bits per heavy atom. The van der Waals surface area contributed by atoms with Crippen LogP contribution >= 0.6 is 0 Å². The van der Waals surface area contributed by atoms with Crippen LogP contribution in [0.25, 0.3) is 0 Å². The third kappa shape index (κ3) is 4.84. The van der Waals surface area contributed by atoms with Gasteiger partial charge in [-0.2, -0.15) is 0 Å². The maximum atomic E-state index is 10.8. The average molecular weight is 284 g/mol. The van der Waals surface area contributed by atoms with Crippen LogP contribution in [0, 0.1) is 0 Å². The SMILES string of the molecule is CC(Cc1ccc(O)cc1)Nc1ccc(CC(N)=O)cc1. The van der Waals surface area contributed by atoms with E-state index >= 15 is 0 Å². The van der Waals surface area contributed by atoms with Gasteiger partial charge in [-0.05, 0) is 48.7 Å². The van der Waals surface area contributed by atoms with Crippen molar-refractivity contribution >= 4 is 11.6 Å². The van der Waals surface area contributed by atoms with Crippen molar-refractivity contribution in [3.05, 3.63) is 59.7 Å². The molecule has 0 bridgehead atoms. The molecule has 2 aromatic rings. The highest BCUT2D eigenvalue weighted by molar-refractivity contribution is 5.76. The third-order valence-electron chi connectivity index (χ3n) is 3.22. The average Bonchev–Trinajstić information content (AvgIpc) is 2.43. The van der Waals surface area contributed by atoms with Crippen LogP contribution in [0.15, 0.2) is 48.5 Å². The van der Waals surface area contributed by atoms with Gasteiger partial charge in [-0.3, -0.25) is 4.79 Å². The Hall–Kier alpha value is -2.49. The van der Waals surface area contributed by atoms with Gasteiger partial charge < -0.3 is 16.2 Å². The first-order chi connectivity index (χ1) is 10.0. The van der Waals surface area contributed by atoms with E-state index in [-0.39, 0.29) is 24.1 Å². The number of anilines is 1. The van der Waals surface area contributed by atoms with Gasteiger partial charge in [0.25, 0.3) is 0 Å². The molecule has 0 aliphatic rings. The van der Waals surface area contributed by atoms with Crippen LogP contribution in [-0.2, 0) is 17.6 Å². The van der Waals surface area contributed by atoms with Crippen LogP contribution in [0.1, 0.15) is 18.1 Å². The molecule has 2 aromatic carbocycles. The van der Waals surface area contributed by atoms with Gasteiger partial charge in [0.05, 0.1) is 6.42 Å². The molecule has 0 aliphatic heterocycles. The van der Waals surface area contributed by atoms with Gasteiger partial charge >= 0.3 is 0 Å². The summed E-state index contributed by atoms with van der Waals surface area (Å²) in [4.78, 5) is 10.8. The topological polar surface area (TPSA) is 75.3 Å². The molecule has 0 spiro atoms. The molecule has 0 saturated heterocycles. The van der Waals surface area contributed by atoms with Gasteiger partial charge in [0.15, 0.2) is 0 Å². The molecule has 0 aromatic heterocycles. The third-order valence-corrected chi connectivity index (χ3v) is 3.22. The van der Waals surface area contributed by atoms with Gasteiger partial charge in [-0.25, -0.2) is 0 Å². The number of phenolic OH excluding ortho intramolecular Hbond substituents is 1. The number of benzene rings is 2. The molecule has 0 aliphatic carbocycles. The second-order valence-electron chi connectivity index (χ2n) is 5.26. The van der Waals surface area contributed by atoms with Gasteiger partial charge in [0.1, 0.15) is 5.75 Å². The highest BCUT2D eigenvalue weighted by atomic mass is 16.3. The standard InChI is InChI=1S/C17H20N2O2/c1-12(10-13-4-8-16(20)9-5-13)19-15-6-2-14(3-7-15)11-17(18)21/h2-9,12,19-20H,10-11H2,1H3,(H2,18,21). The molecule has 4 nitrogen and oxygen atoms in total. The normalized spacial score (nSPS) is 11.9. The largest absolute Gasteiger partial charge is 0.508 e. The Labute approximate surface area is 124 Å². The van der Waals surface area contributed by atoms with Crippen LogP contribution < -0.4 is 11.1 Å². The van der Waals surface area contributed by atoms with Crippen molar-refractivity contribution in [3.8, 4) is 5.75 Å². The number of carbonyl (C=O) groups excluding carboxylic acids is 1. The number of hydrogen-bond donors (Lipinski definition) is 3. The summed E-state index contributed by atoms with van der Waals surface area (Å²) in [6.07, 6.45) is 1.13. The fourth-order valence-electron chi connectivity index (χ4n) is 2.24. The summed E-state index contributed by atoms with van der Waals surface area (Å²) in [6, 6.07) is 15.2. The highest BCUT2D eigenvalue weighted by Gasteiger charge is 2.04. The van der Waals surface area contributed by atoms with Crippen LogP contribution in [0.3, 0.4) is 0 Å². The smallest absolute Gasteiger partial charge is 0.221 e. The molecule has 4 N–H and O–H groups in total. The summed E-state index contributed by atoms with van der Waals surface area (Å²) in [5, 5.41) is 12.7. The van der Waals surface area contributed by atoms with Crippen molar-refractivity contribution in [3.63, 3.8) is 0 Å². The molecule has 110 valence electrons. The summed E-state index contributed by atoms with van der Waals surface area (Å²) >= 11 is 0. The van der Waals surface area contributed by atoms with Gasteiger partial charge in [-0.15, -0.1) is 0 Å². The molecule has 0 saturated carbocycles. The Morgan fingerprint density at radius 1 is 1.10 bits per heavy atom. The molecule has 2 rings (SSSR count). The number of rotatable bonds is 6. The lowest BCUT2D eigenvalue weighted by atomic mass is 10.1. The number of phenols is 1. The van der Waals surface area contributed by atoms with Gasteiger partial charge in [0, 0.05) is 11.7 Å². The van der Waals surface area contributed by atoms with Crippen molar-refractivity contribution in [2.75, 3.05) is 5.32 Å². The van der Waals surface area contributed by atoms with E-state index in [4.69, 9.17) is 5.73 Å². The zero-order chi connectivity index (χ0) is 15.2. The fourth-order valence-corrected chi connectivity index (χ4v) is 2.24. The van der Waals surface area contributed by atoms with Gasteiger partial charge in [0.2, 0.25) is 5.91 Å². The molecular formula is C17H20N2O2. The maximum Gasteiger partial charge on any atom is 0.221 e. The summed E-state index contributed by atoms with van der Waals surface area (Å²) in [6.45, 7) is 2.10. The van der Waals surface area contributed by atoms with E-state index in [1.165, 1.54) is 0 Å². The summed E-state index contributed by atoms with van der Waals surface area (Å²) in [7, 11) is 0. The van der Waals surface area contributed by atoms with Crippen LogP contribution in [-0.4, -0.2) is 17.1 Å². The number of hydrogen-bond acceptors (Lipinski definition) is 3. The van der Waals surface area contributed by atoms with E-state index in [0.29, 0.717) is 0 Å². The molecule has 0 fully saturated rings. The van der Waals surface area contributed by atoms with Crippen molar-refractivity contribution < 1.29 is 9.90 Å². The van der Waals surface area contributed by atoms with E-state index in [2.05, 4.69) is 12.2 Å². The van der Waals surface area contributed by atoms with Crippen molar-refractivity contribution in [2.45, 2.75) is 25.8 Å². The first kappa shape index (κ1) is 14.9. The van der Waals surface area contributed by atoms with Crippen LogP contribution in [0.4, 0.5) is 5.69 Å². The number of nitrogens with one attached hydrogen (secondary N) is 1. The minimum absolute atomic E-state index is 0.261. The summed E-state index contributed by atoms with van der Waals surface area (Å²) in [5.41, 5.74) is 8.26. The minimum Gasteiger partial charge on any atom is -0.508 e. The van der Waals surface area contributed by atoms with E-state index in [9.17, 15) is 9.90 Å². The first-order valence-corrected chi connectivity index (χ1v) is 6.94. The first-order valence-electron chi connectivity index (χ1n) is 6.94. The molecule has 1 amide bonds. The molecule has 1 atom stereocenters. The Kier molecular flexibility index (Phi) is 4.82. The van der Waals surface area contributed by atoms with Gasteiger partial charge in [-0.1, -0.05) is 24.3 Å². The molecule has 0 heterocycles. The summed E-state index contributed by atoms with van der Waals surface area (Å²) in [5.74, 6) is -0.0409. The zero-order valence-electron chi connectivity index (χ0n) is 12.0. The van der Waals surface area contributed by atoms with E-state index in [0.717, 1.165) is 23.2 Å². The Balaban J connectivity index is 1.91. The Morgan fingerprint density at radius 2 is 1.67 bits per heavy atom. The monoisotopic (exact) mass is 284 g/mol. The van der Waals surface area contributed by atoms with Crippen molar-refractivity contribution in [1.82, 2.24) is 0 Å². The molecule has 4 heteroatoms. The lowest BCUT2D eigenvalue weighted by Gasteiger charge is -2.15. The quantitative estimate of drug-likeness (QED) is 0.762. The predicted octanol–water partition coefficient (Wildman–Crippen LogP) is 2.46. The molecule has 21 heavy (non-hydrogen) atoms. The molecule has 1 unspecified atom stereocenters. The minimum atomic E-state index is -0.323. The lowest BCUT2D eigenvalue weighted by molar-refractivity contribution is -0.117. The van der Waals surface area contributed by atoms with Crippen molar-refractivity contribution in [2.24, 2.45) is 5.73 Å².